The molecule has 0 bridgehead atoms. The zero-order chi connectivity index (χ0) is 19.6. The molecule has 0 fully saturated rings. The van der Waals surface area contributed by atoms with E-state index in [9.17, 15) is 9.59 Å². The number of carbonyl (C=O) groups is 2. The lowest BCUT2D eigenvalue weighted by molar-refractivity contribution is 0.0651. The van der Waals surface area contributed by atoms with Crippen LogP contribution in [0.5, 0.6) is 0 Å². The van der Waals surface area contributed by atoms with Gasteiger partial charge in [0.1, 0.15) is 0 Å². The lowest BCUT2D eigenvalue weighted by Gasteiger charge is -2.13. The number of nitrogens with zero attached hydrogens (tertiary/aromatic N) is 1. The van der Waals surface area contributed by atoms with Gasteiger partial charge >= 0.3 is 0 Å². The van der Waals surface area contributed by atoms with Gasteiger partial charge in [-0.2, -0.15) is 0 Å². The summed E-state index contributed by atoms with van der Waals surface area (Å²) in [5.41, 5.74) is 3.25. The molecule has 0 aliphatic carbocycles. The van der Waals surface area contributed by atoms with Gasteiger partial charge in [0.25, 0.3) is 11.8 Å². The number of carbonyl (C=O) groups excluding carboxylic acids is 2. The molecule has 0 N–H and O–H groups in total. The summed E-state index contributed by atoms with van der Waals surface area (Å²) < 4.78 is 0. The first-order valence-electron chi connectivity index (χ1n) is 10.3. The molecule has 0 radical (unpaired) electrons. The fourth-order valence-electron chi connectivity index (χ4n) is 3.64. The van der Waals surface area contributed by atoms with Crippen molar-refractivity contribution in [1.29, 1.82) is 0 Å². The Hall–Kier alpha value is -0.680. The molecule has 150 valence electrons. The number of alkyl halides is 2. The number of rotatable bonds is 13. The summed E-state index contributed by atoms with van der Waals surface area (Å²) >= 11 is 6.93. The lowest BCUT2D eigenvalue weighted by Crippen LogP contribution is -2.30. The van der Waals surface area contributed by atoms with Gasteiger partial charge in [-0.05, 0) is 29.7 Å². The van der Waals surface area contributed by atoms with Crippen LogP contribution in [0.1, 0.15) is 103 Å². The molecule has 0 saturated carbocycles. The molecule has 27 heavy (non-hydrogen) atoms. The molecule has 1 aliphatic heterocycles. The van der Waals surface area contributed by atoms with Crippen LogP contribution in [0.4, 0.5) is 0 Å². The Morgan fingerprint density at radius 3 is 1.52 bits per heavy atom. The second-order valence-electron chi connectivity index (χ2n) is 7.38. The Balaban J connectivity index is 1.75. The van der Waals surface area contributed by atoms with Crippen molar-refractivity contribution in [1.82, 2.24) is 4.90 Å². The van der Waals surface area contributed by atoms with Crippen molar-refractivity contribution in [2.45, 2.75) is 81.8 Å². The number of imide groups is 1. The molecular weight excluding hydrogens is 470 g/mol. The summed E-state index contributed by atoms with van der Waals surface area (Å²) in [7, 11) is 0. The standard InChI is InChI=1S/C22H31Br2NO2/c1-2-3-4-5-6-7-8-9-10-11-12-25-21(26)19-13-17(15-23)18(16-24)14-20(19)22(25)27/h13-14H,2-12,15-16H2,1H3. The van der Waals surface area contributed by atoms with E-state index in [4.69, 9.17) is 0 Å². The predicted octanol–water partition coefficient (Wildman–Crippen LogP) is 6.99. The van der Waals surface area contributed by atoms with Gasteiger partial charge < -0.3 is 0 Å². The molecule has 2 amide bonds. The Kier molecular flexibility index (Phi) is 10.1. The highest BCUT2D eigenvalue weighted by Crippen LogP contribution is 2.29. The third kappa shape index (κ3) is 6.15. The van der Waals surface area contributed by atoms with Gasteiger partial charge in [-0.3, -0.25) is 14.5 Å². The molecule has 1 aromatic rings. The monoisotopic (exact) mass is 499 g/mol. The van der Waals surface area contributed by atoms with Crippen LogP contribution in [-0.2, 0) is 10.7 Å². The quantitative estimate of drug-likeness (QED) is 0.166. The number of hydrogen-bond acceptors (Lipinski definition) is 2. The lowest BCUT2D eigenvalue weighted by atomic mass is 10.0. The molecule has 0 unspecified atom stereocenters. The summed E-state index contributed by atoms with van der Waals surface area (Å²) in [5.74, 6) is -0.261. The minimum Gasteiger partial charge on any atom is -0.274 e. The molecule has 0 spiro atoms. The molecule has 1 aliphatic rings. The Bertz CT molecular complexity index is 602. The third-order valence-corrected chi connectivity index (χ3v) is 6.52. The van der Waals surface area contributed by atoms with Gasteiger partial charge in [-0.15, -0.1) is 0 Å². The van der Waals surface area contributed by atoms with Crippen LogP contribution in [0.3, 0.4) is 0 Å². The van der Waals surface area contributed by atoms with Crippen LogP contribution in [0.2, 0.25) is 0 Å². The van der Waals surface area contributed by atoms with Crippen molar-refractivity contribution in [2.75, 3.05) is 6.54 Å². The van der Waals surface area contributed by atoms with Gasteiger partial charge in [0.05, 0.1) is 11.1 Å². The fraction of sp³-hybridized carbons (Fsp3) is 0.636. The van der Waals surface area contributed by atoms with Crippen molar-refractivity contribution >= 4 is 43.7 Å². The van der Waals surface area contributed by atoms with E-state index in [1.807, 2.05) is 12.1 Å². The number of halogens is 2. The summed E-state index contributed by atoms with van der Waals surface area (Å²) in [4.78, 5) is 26.7. The zero-order valence-electron chi connectivity index (χ0n) is 16.4. The maximum absolute atomic E-state index is 12.6. The van der Waals surface area contributed by atoms with E-state index >= 15 is 0 Å². The Morgan fingerprint density at radius 1 is 0.704 bits per heavy atom. The molecular formula is C22H31Br2NO2. The SMILES string of the molecule is CCCCCCCCCCCCN1C(=O)c2cc(CBr)c(CBr)cc2C1=O. The molecule has 0 atom stereocenters. The molecule has 1 heterocycles. The molecule has 1 aromatic carbocycles. The van der Waals surface area contributed by atoms with Gasteiger partial charge in [0, 0.05) is 17.2 Å². The maximum Gasteiger partial charge on any atom is 0.261 e. The first-order chi connectivity index (χ1) is 13.1. The number of unbranched alkanes of at least 4 members (excludes halogenated alkanes) is 9. The average molecular weight is 501 g/mol. The summed E-state index contributed by atoms with van der Waals surface area (Å²) in [6.07, 6.45) is 12.5. The second-order valence-corrected chi connectivity index (χ2v) is 8.50. The smallest absolute Gasteiger partial charge is 0.261 e. The second kappa shape index (κ2) is 12.0. The van der Waals surface area contributed by atoms with Crippen molar-refractivity contribution in [3.63, 3.8) is 0 Å². The van der Waals surface area contributed by atoms with Gasteiger partial charge in [-0.1, -0.05) is 96.6 Å². The van der Waals surface area contributed by atoms with E-state index in [1.165, 1.54) is 56.3 Å². The minimum atomic E-state index is -0.130. The van der Waals surface area contributed by atoms with E-state index in [2.05, 4.69) is 38.8 Å². The van der Waals surface area contributed by atoms with Crippen LogP contribution in [0.15, 0.2) is 12.1 Å². The van der Waals surface area contributed by atoms with Gasteiger partial charge in [-0.25, -0.2) is 0 Å². The highest BCUT2D eigenvalue weighted by Gasteiger charge is 2.35. The Labute approximate surface area is 180 Å². The van der Waals surface area contributed by atoms with Crippen LogP contribution in [-0.4, -0.2) is 23.3 Å². The number of fused-ring (bicyclic) bond motifs is 1. The highest BCUT2D eigenvalue weighted by molar-refractivity contribution is 9.09. The van der Waals surface area contributed by atoms with Crippen molar-refractivity contribution < 1.29 is 9.59 Å². The summed E-state index contributed by atoms with van der Waals surface area (Å²) in [5, 5.41) is 1.36. The van der Waals surface area contributed by atoms with E-state index in [0.29, 0.717) is 28.3 Å². The van der Waals surface area contributed by atoms with Crippen molar-refractivity contribution in [3.8, 4) is 0 Å². The first-order valence-corrected chi connectivity index (χ1v) is 12.5. The normalized spacial score (nSPS) is 13.5. The molecule has 0 aromatic heterocycles. The molecule has 0 saturated heterocycles. The fourth-order valence-corrected chi connectivity index (χ4v) is 4.68. The average Bonchev–Trinajstić information content (AvgIpc) is 2.92. The highest BCUT2D eigenvalue weighted by atomic mass is 79.9. The van der Waals surface area contributed by atoms with Crippen LogP contribution in [0.25, 0.3) is 0 Å². The number of hydrogen-bond donors (Lipinski definition) is 0. The largest absolute Gasteiger partial charge is 0.274 e. The molecule has 2 rings (SSSR count). The Morgan fingerprint density at radius 2 is 1.11 bits per heavy atom. The first kappa shape index (κ1) is 22.6. The van der Waals surface area contributed by atoms with E-state index in [1.54, 1.807) is 0 Å². The maximum atomic E-state index is 12.6. The summed E-state index contributed by atoms with van der Waals surface area (Å²) in [6, 6.07) is 3.75. The topological polar surface area (TPSA) is 37.4 Å². The van der Waals surface area contributed by atoms with E-state index < -0.39 is 0 Å². The third-order valence-electron chi connectivity index (χ3n) is 5.31. The van der Waals surface area contributed by atoms with Crippen molar-refractivity contribution in [2.24, 2.45) is 0 Å². The summed E-state index contributed by atoms with van der Waals surface area (Å²) in [6.45, 7) is 2.78. The molecule has 3 nitrogen and oxygen atoms in total. The number of benzene rings is 1. The van der Waals surface area contributed by atoms with Gasteiger partial charge in [0.15, 0.2) is 0 Å². The van der Waals surface area contributed by atoms with Crippen LogP contribution >= 0.6 is 31.9 Å². The van der Waals surface area contributed by atoms with E-state index in [0.717, 1.165) is 24.0 Å². The van der Waals surface area contributed by atoms with Crippen molar-refractivity contribution in [3.05, 3.63) is 34.4 Å². The van der Waals surface area contributed by atoms with Crippen LogP contribution < -0.4 is 0 Å². The van der Waals surface area contributed by atoms with Gasteiger partial charge in [0.2, 0.25) is 0 Å². The molecule has 5 heteroatoms. The van der Waals surface area contributed by atoms with Crippen LogP contribution in [0, 0.1) is 0 Å². The predicted molar refractivity (Wildman–Crippen MR) is 119 cm³/mol. The number of amides is 2. The zero-order valence-corrected chi connectivity index (χ0v) is 19.5. The van der Waals surface area contributed by atoms with E-state index in [-0.39, 0.29) is 11.8 Å². The minimum absolute atomic E-state index is 0.130.